The Labute approximate surface area is 189 Å². The highest BCUT2D eigenvalue weighted by atomic mass is 16.2. The van der Waals surface area contributed by atoms with Crippen LogP contribution in [-0.2, 0) is 11.8 Å². The lowest BCUT2D eigenvalue weighted by molar-refractivity contribution is -0.122. The average Bonchev–Trinajstić information content (AvgIpc) is 3.17. The Hall–Kier alpha value is -3.18. The Balaban J connectivity index is 1.46. The van der Waals surface area contributed by atoms with Crippen LogP contribution in [0.1, 0.15) is 32.3 Å². The molecule has 1 saturated heterocycles. The smallest absolute Gasteiger partial charge is 0.255 e. The SMILES string of the molecule is CCN1CCC(C2=CN3C(=O)\C=C(c4ccc5c(cnn5C)c4)/C=C/C=C/3C(C)=C2)CC1. The Bertz CT molecular complexity index is 1220. The second-order valence-corrected chi connectivity index (χ2v) is 8.93. The third-order valence-corrected chi connectivity index (χ3v) is 6.96. The molecule has 5 rings (SSSR count). The van der Waals surface area contributed by atoms with Crippen molar-refractivity contribution in [2.24, 2.45) is 13.0 Å². The number of hydrogen-bond donors (Lipinski definition) is 0. The van der Waals surface area contributed by atoms with Crippen LogP contribution in [0.4, 0.5) is 0 Å². The lowest BCUT2D eigenvalue weighted by Gasteiger charge is -2.35. The van der Waals surface area contributed by atoms with Gasteiger partial charge in [-0.15, -0.1) is 0 Å². The predicted molar refractivity (Wildman–Crippen MR) is 129 cm³/mol. The van der Waals surface area contributed by atoms with E-state index in [4.69, 9.17) is 0 Å². The van der Waals surface area contributed by atoms with Gasteiger partial charge in [0.25, 0.3) is 5.91 Å². The molecule has 4 heterocycles. The van der Waals surface area contributed by atoms with Crippen LogP contribution in [0, 0.1) is 5.92 Å². The summed E-state index contributed by atoms with van der Waals surface area (Å²) in [5.74, 6) is 0.511. The summed E-state index contributed by atoms with van der Waals surface area (Å²) in [5.41, 5.74) is 6.39. The molecule has 1 aromatic carbocycles. The summed E-state index contributed by atoms with van der Waals surface area (Å²) in [6.45, 7) is 7.71. The fourth-order valence-corrected chi connectivity index (χ4v) is 4.99. The van der Waals surface area contributed by atoms with E-state index in [-0.39, 0.29) is 5.91 Å². The molecule has 1 fully saturated rings. The minimum Gasteiger partial charge on any atom is -0.304 e. The summed E-state index contributed by atoms with van der Waals surface area (Å²) in [4.78, 5) is 17.7. The number of carbonyl (C=O) groups excluding carboxylic acids is 1. The molecule has 1 aromatic heterocycles. The highest BCUT2D eigenvalue weighted by molar-refractivity contribution is 6.01. The maximum absolute atomic E-state index is 13.4. The van der Waals surface area contributed by atoms with Crippen LogP contribution in [-0.4, -0.2) is 45.1 Å². The number of allylic oxidation sites excluding steroid dienone is 7. The maximum Gasteiger partial charge on any atom is 0.255 e. The minimum atomic E-state index is -0.00201. The number of likely N-dealkylation sites (tertiary alicyclic amines) is 1. The van der Waals surface area contributed by atoms with Gasteiger partial charge in [-0.05, 0) is 85.8 Å². The van der Waals surface area contributed by atoms with E-state index < -0.39 is 0 Å². The summed E-state index contributed by atoms with van der Waals surface area (Å²) >= 11 is 0. The Morgan fingerprint density at radius 3 is 2.75 bits per heavy atom. The Morgan fingerprint density at radius 1 is 1.16 bits per heavy atom. The topological polar surface area (TPSA) is 41.4 Å². The summed E-state index contributed by atoms with van der Waals surface area (Å²) < 4.78 is 1.86. The van der Waals surface area contributed by atoms with Gasteiger partial charge in [-0.2, -0.15) is 5.10 Å². The monoisotopic (exact) mass is 426 g/mol. The molecule has 0 unspecified atom stereocenters. The fourth-order valence-electron chi connectivity index (χ4n) is 4.99. The van der Waals surface area contributed by atoms with Crippen LogP contribution in [0.3, 0.4) is 0 Å². The lowest BCUT2D eigenvalue weighted by atomic mass is 9.86. The fraction of sp³-hybridized carbons (Fsp3) is 0.333. The highest BCUT2D eigenvalue weighted by Crippen LogP contribution is 2.34. The number of piperidine rings is 1. The molecule has 0 aliphatic carbocycles. The van der Waals surface area contributed by atoms with E-state index >= 15 is 0 Å². The molecule has 164 valence electrons. The van der Waals surface area contributed by atoms with Gasteiger partial charge in [0.15, 0.2) is 0 Å². The number of hydrogen-bond acceptors (Lipinski definition) is 3. The molecule has 3 aliphatic heterocycles. The first kappa shape index (κ1) is 20.7. The summed E-state index contributed by atoms with van der Waals surface area (Å²) in [5, 5.41) is 5.40. The first-order chi connectivity index (χ1) is 15.5. The number of benzene rings is 1. The van der Waals surface area contributed by atoms with Crippen molar-refractivity contribution < 1.29 is 4.79 Å². The molecule has 3 aliphatic rings. The van der Waals surface area contributed by atoms with Gasteiger partial charge in [0.05, 0.1) is 17.4 Å². The molecule has 0 bridgehead atoms. The van der Waals surface area contributed by atoms with E-state index in [1.54, 1.807) is 6.08 Å². The van der Waals surface area contributed by atoms with E-state index in [9.17, 15) is 4.79 Å². The largest absolute Gasteiger partial charge is 0.304 e. The molecular formula is C27H30N4O. The van der Waals surface area contributed by atoms with E-state index in [1.807, 2.05) is 41.1 Å². The van der Waals surface area contributed by atoms with Crippen molar-refractivity contribution in [1.82, 2.24) is 19.6 Å². The molecule has 2 aromatic rings. The van der Waals surface area contributed by atoms with Crippen molar-refractivity contribution in [3.63, 3.8) is 0 Å². The molecule has 0 saturated carbocycles. The van der Waals surface area contributed by atoms with Crippen LogP contribution in [0.2, 0.25) is 0 Å². The van der Waals surface area contributed by atoms with Crippen molar-refractivity contribution in [2.75, 3.05) is 19.6 Å². The van der Waals surface area contributed by atoms with Crippen molar-refractivity contribution >= 4 is 22.4 Å². The van der Waals surface area contributed by atoms with E-state index in [1.165, 1.54) is 5.57 Å². The normalized spacial score (nSPS) is 24.6. The zero-order chi connectivity index (χ0) is 22.2. The lowest BCUT2D eigenvalue weighted by Crippen LogP contribution is -2.35. The van der Waals surface area contributed by atoms with Crippen molar-refractivity contribution in [3.8, 4) is 0 Å². The van der Waals surface area contributed by atoms with Crippen LogP contribution in [0.25, 0.3) is 16.5 Å². The van der Waals surface area contributed by atoms with Crippen LogP contribution in [0.15, 0.2) is 77.8 Å². The number of carbonyl (C=O) groups is 1. The van der Waals surface area contributed by atoms with Crippen molar-refractivity contribution in [1.29, 1.82) is 0 Å². The summed E-state index contributed by atoms with van der Waals surface area (Å²) in [6, 6.07) is 6.22. The van der Waals surface area contributed by atoms with Gasteiger partial charge in [-0.3, -0.25) is 14.4 Å². The zero-order valence-corrected chi connectivity index (χ0v) is 19.1. The predicted octanol–water partition coefficient (Wildman–Crippen LogP) is 4.81. The third-order valence-electron chi connectivity index (χ3n) is 6.96. The van der Waals surface area contributed by atoms with Gasteiger partial charge in [0.1, 0.15) is 0 Å². The summed E-state index contributed by atoms with van der Waals surface area (Å²) in [6.07, 6.45) is 16.4. The number of fused-ring (bicyclic) bond motifs is 2. The Kier molecular flexibility index (Phi) is 5.43. The van der Waals surface area contributed by atoms with Gasteiger partial charge < -0.3 is 4.90 Å². The van der Waals surface area contributed by atoms with Gasteiger partial charge in [0.2, 0.25) is 0 Å². The zero-order valence-electron chi connectivity index (χ0n) is 19.1. The molecule has 0 radical (unpaired) electrons. The molecule has 32 heavy (non-hydrogen) atoms. The molecule has 5 nitrogen and oxygen atoms in total. The van der Waals surface area contributed by atoms with E-state index in [2.05, 4.69) is 54.3 Å². The first-order valence-corrected chi connectivity index (χ1v) is 11.5. The molecule has 0 N–H and O–H groups in total. The van der Waals surface area contributed by atoms with Crippen molar-refractivity contribution in [3.05, 3.63) is 83.4 Å². The quantitative estimate of drug-likeness (QED) is 0.707. The number of nitrogens with zero attached hydrogens (tertiary/aromatic N) is 4. The van der Waals surface area contributed by atoms with Gasteiger partial charge in [-0.1, -0.05) is 31.2 Å². The first-order valence-electron chi connectivity index (χ1n) is 11.5. The second kappa shape index (κ2) is 8.40. The molecule has 0 spiro atoms. The van der Waals surface area contributed by atoms with Crippen molar-refractivity contribution in [2.45, 2.75) is 26.7 Å². The molecular weight excluding hydrogens is 396 g/mol. The Morgan fingerprint density at radius 2 is 1.97 bits per heavy atom. The van der Waals surface area contributed by atoms with Crippen LogP contribution in [0.5, 0.6) is 0 Å². The van der Waals surface area contributed by atoms with Gasteiger partial charge in [-0.25, -0.2) is 0 Å². The van der Waals surface area contributed by atoms with Crippen LogP contribution >= 0.6 is 0 Å². The molecule has 0 atom stereocenters. The molecule has 5 heteroatoms. The number of aryl methyl sites for hydroxylation is 1. The molecule has 1 amide bonds. The third kappa shape index (κ3) is 3.78. The summed E-state index contributed by atoms with van der Waals surface area (Å²) in [7, 11) is 1.94. The van der Waals surface area contributed by atoms with E-state index in [0.29, 0.717) is 5.92 Å². The maximum atomic E-state index is 13.4. The second-order valence-electron chi connectivity index (χ2n) is 8.93. The standard InChI is InChI=1S/C27H30N4O/c1-4-30-12-10-20(11-13-30)24-14-19(2)25-7-5-6-21(16-27(32)31(25)18-24)22-8-9-26-23(15-22)17-28-29(26)3/h5-9,14-18,20H,4,10-13H2,1-3H3/b6-5+,21-16+,25-7+. The highest BCUT2D eigenvalue weighted by Gasteiger charge is 2.27. The van der Waals surface area contributed by atoms with E-state index in [0.717, 1.165) is 65.8 Å². The average molecular weight is 427 g/mol. The number of aromatic nitrogens is 2. The minimum absolute atomic E-state index is 0.00201. The van der Waals surface area contributed by atoms with Gasteiger partial charge in [0, 0.05) is 24.7 Å². The van der Waals surface area contributed by atoms with Gasteiger partial charge >= 0.3 is 0 Å². The number of amides is 1. The number of rotatable bonds is 3. The van der Waals surface area contributed by atoms with Crippen LogP contribution < -0.4 is 0 Å².